The number of carbonyl (C=O) groups is 3. The van der Waals surface area contributed by atoms with E-state index < -0.39 is 35.3 Å². The van der Waals surface area contributed by atoms with Gasteiger partial charge in [-0.3, -0.25) is 9.59 Å². The van der Waals surface area contributed by atoms with Crippen molar-refractivity contribution in [2.75, 3.05) is 13.2 Å². The van der Waals surface area contributed by atoms with Gasteiger partial charge in [-0.25, -0.2) is 4.79 Å². The standard InChI is InChI=1S/C24H20O6/c1-3-18(25)28-10-11-29-24-16-7-5-4-6-14(16)19(15-9-8-13(2)12-17(15)24)20-21(24)23(27)30-22(20)26/h3-9,12,19-21H,1,10-11H2,2H3. The van der Waals surface area contributed by atoms with E-state index in [9.17, 15) is 14.4 Å². The predicted octanol–water partition coefficient (Wildman–Crippen LogP) is 2.76. The Morgan fingerprint density at radius 2 is 1.87 bits per heavy atom. The normalized spacial score (nSPS) is 27.7. The number of rotatable bonds is 5. The lowest BCUT2D eigenvalue weighted by molar-refractivity contribution is -0.160. The van der Waals surface area contributed by atoms with E-state index >= 15 is 0 Å². The van der Waals surface area contributed by atoms with Gasteiger partial charge in [0.25, 0.3) is 0 Å². The molecule has 6 nitrogen and oxygen atoms in total. The van der Waals surface area contributed by atoms with E-state index in [1.165, 1.54) is 0 Å². The third-order valence-corrected chi connectivity index (χ3v) is 6.35. The molecular weight excluding hydrogens is 384 g/mol. The van der Waals surface area contributed by atoms with E-state index in [1.54, 1.807) is 0 Å². The minimum absolute atomic E-state index is 0.000269. The summed E-state index contributed by atoms with van der Waals surface area (Å²) in [4.78, 5) is 37.0. The second-order valence-electron chi connectivity index (χ2n) is 7.85. The van der Waals surface area contributed by atoms with Gasteiger partial charge in [-0.15, -0.1) is 0 Å². The van der Waals surface area contributed by atoms with E-state index in [2.05, 4.69) is 6.58 Å². The summed E-state index contributed by atoms with van der Waals surface area (Å²) in [5.74, 6) is -3.31. The minimum atomic E-state index is -1.18. The van der Waals surface area contributed by atoms with Crippen molar-refractivity contribution in [3.05, 3.63) is 82.9 Å². The molecule has 2 aromatic rings. The van der Waals surface area contributed by atoms with Crippen LogP contribution in [0, 0.1) is 18.8 Å². The van der Waals surface area contributed by atoms with E-state index in [1.807, 2.05) is 49.4 Å². The Balaban J connectivity index is 1.69. The second-order valence-corrected chi connectivity index (χ2v) is 7.85. The average molecular weight is 404 g/mol. The van der Waals surface area contributed by atoms with Crippen LogP contribution in [0.3, 0.4) is 0 Å². The van der Waals surface area contributed by atoms with Crippen LogP contribution >= 0.6 is 0 Å². The molecule has 152 valence electrons. The monoisotopic (exact) mass is 404 g/mol. The van der Waals surface area contributed by atoms with Crippen molar-refractivity contribution in [3.63, 3.8) is 0 Å². The van der Waals surface area contributed by atoms with Gasteiger partial charge < -0.3 is 14.2 Å². The van der Waals surface area contributed by atoms with Crippen LogP contribution in [-0.4, -0.2) is 31.1 Å². The largest absolute Gasteiger partial charge is 0.460 e. The Hall–Kier alpha value is -3.25. The maximum absolute atomic E-state index is 12.9. The Morgan fingerprint density at radius 3 is 2.67 bits per heavy atom. The van der Waals surface area contributed by atoms with Gasteiger partial charge in [-0.05, 0) is 29.2 Å². The van der Waals surface area contributed by atoms with Gasteiger partial charge in [-0.2, -0.15) is 0 Å². The van der Waals surface area contributed by atoms with Gasteiger partial charge in [0.1, 0.15) is 18.1 Å². The number of hydrogen-bond donors (Lipinski definition) is 0. The van der Waals surface area contributed by atoms with E-state index in [4.69, 9.17) is 14.2 Å². The molecule has 1 heterocycles. The van der Waals surface area contributed by atoms with Gasteiger partial charge in [0.2, 0.25) is 0 Å². The zero-order valence-corrected chi connectivity index (χ0v) is 16.4. The fourth-order valence-electron chi connectivity index (χ4n) is 5.31. The molecule has 30 heavy (non-hydrogen) atoms. The minimum Gasteiger partial charge on any atom is -0.460 e. The van der Waals surface area contributed by atoms with Crippen molar-refractivity contribution in [2.24, 2.45) is 11.8 Å². The third-order valence-electron chi connectivity index (χ3n) is 6.35. The zero-order valence-electron chi connectivity index (χ0n) is 16.4. The molecule has 0 spiro atoms. The second kappa shape index (κ2) is 6.64. The van der Waals surface area contributed by atoms with Gasteiger partial charge in [0.15, 0.2) is 0 Å². The lowest BCUT2D eigenvalue weighted by atomic mass is 9.52. The number of aryl methyl sites for hydroxylation is 1. The van der Waals surface area contributed by atoms with Crippen molar-refractivity contribution in [2.45, 2.75) is 18.4 Å². The molecule has 0 saturated carbocycles. The summed E-state index contributed by atoms with van der Waals surface area (Å²) in [6.45, 7) is 5.41. The summed E-state index contributed by atoms with van der Waals surface area (Å²) in [7, 11) is 0. The molecule has 3 aliphatic carbocycles. The van der Waals surface area contributed by atoms with Crippen LogP contribution in [0.25, 0.3) is 0 Å². The molecule has 0 N–H and O–H groups in total. The Morgan fingerprint density at radius 1 is 1.10 bits per heavy atom. The summed E-state index contributed by atoms with van der Waals surface area (Å²) in [5.41, 5.74) is 3.50. The van der Waals surface area contributed by atoms with Crippen molar-refractivity contribution in [1.82, 2.24) is 0 Å². The highest BCUT2D eigenvalue weighted by Gasteiger charge is 2.68. The molecule has 6 rings (SSSR count). The number of esters is 3. The lowest BCUT2D eigenvalue weighted by Gasteiger charge is -2.53. The molecule has 1 saturated heterocycles. The molecule has 0 aromatic heterocycles. The average Bonchev–Trinajstić information content (AvgIpc) is 3.06. The first-order valence-electron chi connectivity index (χ1n) is 9.88. The molecular formula is C24H20O6. The fraction of sp³-hybridized carbons (Fsp3) is 0.292. The van der Waals surface area contributed by atoms with Crippen LogP contribution in [0.2, 0.25) is 0 Å². The first-order chi connectivity index (χ1) is 14.5. The first kappa shape index (κ1) is 18.8. The summed E-state index contributed by atoms with van der Waals surface area (Å²) in [6, 6.07) is 13.8. The fourth-order valence-corrected chi connectivity index (χ4v) is 5.31. The van der Waals surface area contributed by atoms with E-state index in [0.717, 1.165) is 33.9 Å². The molecule has 1 fully saturated rings. The summed E-state index contributed by atoms with van der Waals surface area (Å²) in [6.07, 6.45) is 1.08. The van der Waals surface area contributed by atoms with Gasteiger partial charge in [0, 0.05) is 12.0 Å². The van der Waals surface area contributed by atoms with Crippen LogP contribution in [0.1, 0.15) is 33.7 Å². The third kappa shape index (κ3) is 2.37. The summed E-state index contributed by atoms with van der Waals surface area (Å²) >= 11 is 0. The van der Waals surface area contributed by atoms with Crippen molar-refractivity contribution < 1.29 is 28.6 Å². The van der Waals surface area contributed by atoms with Crippen molar-refractivity contribution in [3.8, 4) is 0 Å². The predicted molar refractivity (Wildman–Crippen MR) is 105 cm³/mol. The number of carbonyl (C=O) groups excluding carboxylic acids is 3. The smallest absolute Gasteiger partial charge is 0.330 e. The zero-order chi connectivity index (χ0) is 21.0. The van der Waals surface area contributed by atoms with Crippen LogP contribution in [0.4, 0.5) is 0 Å². The Labute approximate surface area is 173 Å². The number of benzene rings is 2. The highest BCUT2D eigenvalue weighted by molar-refractivity contribution is 6.00. The van der Waals surface area contributed by atoms with Crippen LogP contribution in [0.15, 0.2) is 55.1 Å². The quantitative estimate of drug-likeness (QED) is 0.330. The van der Waals surface area contributed by atoms with Gasteiger partial charge >= 0.3 is 17.9 Å². The SMILES string of the molecule is C=CC(=O)OCCOC12c3ccccc3C(c3ccc(C)cc31)C1C(=O)OC(=O)C12. The highest BCUT2D eigenvalue weighted by atomic mass is 16.6. The summed E-state index contributed by atoms with van der Waals surface area (Å²) in [5, 5.41) is 0. The van der Waals surface area contributed by atoms with Crippen LogP contribution < -0.4 is 0 Å². The van der Waals surface area contributed by atoms with Crippen LogP contribution in [-0.2, 0) is 34.2 Å². The molecule has 2 aromatic carbocycles. The van der Waals surface area contributed by atoms with Crippen molar-refractivity contribution >= 4 is 17.9 Å². The van der Waals surface area contributed by atoms with Crippen LogP contribution in [0.5, 0.6) is 0 Å². The van der Waals surface area contributed by atoms with Gasteiger partial charge in [-0.1, -0.05) is 54.6 Å². The van der Waals surface area contributed by atoms with Gasteiger partial charge in [0.05, 0.1) is 12.5 Å². The Bertz CT molecular complexity index is 1100. The molecule has 2 bridgehead atoms. The highest BCUT2D eigenvalue weighted by Crippen LogP contribution is 2.64. The number of cyclic esters (lactones) is 2. The molecule has 4 atom stereocenters. The summed E-state index contributed by atoms with van der Waals surface area (Å²) < 4.78 is 16.6. The number of ether oxygens (including phenoxy) is 3. The topological polar surface area (TPSA) is 78.9 Å². The van der Waals surface area contributed by atoms with Crippen molar-refractivity contribution in [1.29, 1.82) is 0 Å². The molecule has 4 unspecified atom stereocenters. The molecule has 1 aliphatic heterocycles. The first-order valence-corrected chi connectivity index (χ1v) is 9.88. The Kier molecular flexibility index (Phi) is 4.15. The maximum Gasteiger partial charge on any atom is 0.330 e. The molecule has 6 heteroatoms. The lowest BCUT2D eigenvalue weighted by Crippen LogP contribution is -2.55. The molecule has 0 amide bonds. The van der Waals surface area contributed by atoms with E-state index in [0.29, 0.717) is 0 Å². The van der Waals surface area contributed by atoms with E-state index in [-0.39, 0.29) is 19.1 Å². The number of hydrogen-bond acceptors (Lipinski definition) is 6. The molecule has 0 radical (unpaired) electrons. The molecule has 4 aliphatic rings. The maximum atomic E-state index is 12.9.